The number of thioether (sulfide) groups is 1. The van der Waals surface area contributed by atoms with Crippen molar-refractivity contribution in [2.75, 3.05) is 12.9 Å². The van der Waals surface area contributed by atoms with E-state index in [1.165, 1.54) is 11.1 Å². The first kappa shape index (κ1) is 15.8. The van der Waals surface area contributed by atoms with Gasteiger partial charge in [-0.3, -0.25) is 0 Å². The molecule has 0 aliphatic carbocycles. The van der Waals surface area contributed by atoms with E-state index in [2.05, 4.69) is 9.97 Å². The van der Waals surface area contributed by atoms with Crippen LogP contribution in [0.3, 0.4) is 0 Å². The van der Waals surface area contributed by atoms with Crippen molar-refractivity contribution in [2.45, 2.75) is 17.7 Å². The van der Waals surface area contributed by atoms with Crippen molar-refractivity contribution in [3.63, 3.8) is 0 Å². The van der Waals surface area contributed by atoms with Gasteiger partial charge in [-0.1, -0.05) is 12.1 Å². The lowest BCUT2D eigenvalue weighted by Gasteiger charge is -2.08. The summed E-state index contributed by atoms with van der Waals surface area (Å²) in [6.07, 6.45) is 3.49. The fourth-order valence-corrected chi connectivity index (χ4v) is 2.39. The monoisotopic (exact) mass is 322 g/mol. The minimum absolute atomic E-state index is 0.132. The van der Waals surface area contributed by atoms with E-state index in [0.29, 0.717) is 23.7 Å². The molecule has 0 amide bonds. The third-order valence-corrected chi connectivity index (χ3v) is 3.83. The van der Waals surface area contributed by atoms with Crippen LogP contribution in [-0.2, 0) is 10.6 Å². The number of benzene rings is 1. The van der Waals surface area contributed by atoms with Crippen LogP contribution in [0.5, 0.6) is 0 Å². The summed E-state index contributed by atoms with van der Waals surface area (Å²) >= 11 is 7.55. The summed E-state index contributed by atoms with van der Waals surface area (Å²) in [5.74, 6) is 0.232. The Morgan fingerprint density at radius 1 is 1.33 bits per heavy atom. The number of carbonyl (C=O) groups is 1. The maximum absolute atomic E-state index is 11.8. The first-order valence-electron chi connectivity index (χ1n) is 6.43. The topological polar surface area (TPSA) is 52.1 Å². The molecule has 6 heteroatoms. The minimum atomic E-state index is -0.447. The summed E-state index contributed by atoms with van der Waals surface area (Å²) in [5, 5.41) is 0. The first-order chi connectivity index (χ1) is 10.2. The molecule has 0 unspecified atom stereocenters. The highest BCUT2D eigenvalue weighted by atomic mass is 35.5. The van der Waals surface area contributed by atoms with Gasteiger partial charge in [-0.15, -0.1) is 23.4 Å². The SMILES string of the molecule is CCOC(=O)c1cnc(-c2ccc(SC)cc2)nc1CCl. The van der Waals surface area contributed by atoms with E-state index in [9.17, 15) is 4.79 Å². The quantitative estimate of drug-likeness (QED) is 0.476. The number of esters is 1. The predicted molar refractivity (Wildman–Crippen MR) is 84.8 cm³/mol. The summed E-state index contributed by atoms with van der Waals surface area (Å²) in [6, 6.07) is 7.90. The fraction of sp³-hybridized carbons (Fsp3) is 0.267. The average molecular weight is 323 g/mol. The predicted octanol–water partition coefficient (Wildman–Crippen LogP) is 3.78. The van der Waals surface area contributed by atoms with Crippen LogP contribution in [0.4, 0.5) is 0 Å². The largest absolute Gasteiger partial charge is 0.462 e. The third-order valence-electron chi connectivity index (χ3n) is 2.84. The molecule has 0 bridgehead atoms. The molecule has 0 radical (unpaired) electrons. The summed E-state index contributed by atoms with van der Waals surface area (Å²) in [5.41, 5.74) is 1.68. The van der Waals surface area contributed by atoms with Gasteiger partial charge in [0.05, 0.1) is 18.2 Å². The van der Waals surface area contributed by atoms with Crippen LogP contribution in [0, 0.1) is 0 Å². The Bertz CT molecular complexity index is 632. The molecule has 4 nitrogen and oxygen atoms in total. The van der Waals surface area contributed by atoms with Crippen molar-refractivity contribution in [3.8, 4) is 11.4 Å². The zero-order valence-electron chi connectivity index (χ0n) is 11.8. The Morgan fingerprint density at radius 2 is 2.05 bits per heavy atom. The highest BCUT2D eigenvalue weighted by Gasteiger charge is 2.15. The summed E-state index contributed by atoms with van der Waals surface area (Å²) in [4.78, 5) is 21.6. The number of rotatable bonds is 5. The molecule has 2 rings (SSSR count). The summed E-state index contributed by atoms with van der Waals surface area (Å²) in [6.45, 7) is 2.05. The second kappa shape index (κ2) is 7.43. The number of hydrogen-bond acceptors (Lipinski definition) is 5. The van der Waals surface area contributed by atoms with E-state index in [1.54, 1.807) is 18.7 Å². The highest BCUT2D eigenvalue weighted by molar-refractivity contribution is 7.98. The Kier molecular flexibility index (Phi) is 5.59. The highest BCUT2D eigenvalue weighted by Crippen LogP contribution is 2.22. The molecular formula is C15H15ClN2O2S. The molecule has 0 aliphatic rings. The number of aromatic nitrogens is 2. The van der Waals surface area contributed by atoms with Crippen molar-refractivity contribution in [3.05, 3.63) is 41.7 Å². The van der Waals surface area contributed by atoms with Gasteiger partial charge in [0.2, 0.25) is 0 Å². The van der Waals surface area contributed by atoms with Crippen LogP contribution < -0.4 is 0 Å². The molecule has 0 spiro atoms. The zero-order chi connectivity index (χ0) is 15.2. The Hall–Kier alpha value is -1.59. The standard InChI is InChI=1S/C15H15ClN2O2S/c1-3-20-15(19)12-9-17-14(18-13(12)8-16)10-4-6-11(21-2)7-5-10/h4-7,9H,3,8H2,1-2H3. The Labute approximate surface area is 132 Å². The molecule has 110 valence electrons. The van der Waals surface area contributed by atoms with Crippen LogP contribution in [0.15, 0.2) is 35.4 Å². The number of nitrogens with zero attached hydrogens (tertiary/aromatic N) is 2. The molecular weight excluding hydrogens is 308 g/mol. The van der Waals surface area contributed by atoms with Crippen molar-refractivity contribution < 1.29 is 9.53 Å². The van der Waals surface area contributed by atoms with E-state index in [0.717, 1.165) is 5.56 Å². The van der Waals surface area contributed by atoms with Gasteiger partial charge in [-0.2, -0.15) is 0 Å². The molecule has 0 fully saturated rings. The van der Waals surface area contributed by atoms with Gasteiger partial charge in [0.1, 0.15) is 5.56 Å². The van der Waals surface area contributed by atoms with E-state index in [1.807, 2.05) is 30.5 Å². The third kappa shape index (κ3) is 3.74. The van der Waals surface area contributed by atoms with Crippen molar-refractivity contribution in [1.29, 1.82) is 0 Å². The van der Waals surface area contributed by atoms with Gasteiger partial charge in [-0.05, 0) is 25.3 Å². The maximum atomic E-state index is 11.8. The number of ether oxygens (including phenoxy) is 1. The molecule has 1 heterocycles. The fourth-order valence-electron chi connectivity index (χ4n) is 1.78. The lowest BCUT2D eigenvalue weighted by atomic mass is 10.2. The van der Waals surface area contributed by atoms with Crippen molar-refractivity contribution in [2.24, 2.45) is 0 Å². The van der Waals surface area contributed by atoms with Gasteiger partial charge in [0.25, 0.3) is 0 Å². The summed E-state index contributed by atoms with van der Waals surface area (Å²) in [7, 11) is 0. The van der Waals surface area contributed by atoms with Crippen LogP contribution in [0.2, 0.25) is 0 Å². The molecule has 0 N–H and O–H groups in total. The normalized spacial score (nSPS) is 10.4. The second-order valence-corrected chi connectivity index (χ2v) is 5.28. The Morgan fingerprint density at radius 3 is 2.62 bits per heavy atom. The van der Waals surface area contributed by atoms with E-state index >= 15 is 0 Å². The van der Waals surface area contributed by atoms with Gasteiger partial charge in [0.15, 0.2) is 5.82 Å². The minimum Gasteiger partial charge on any atom is -0.462 e. The first-order valence-corrected chi connectivity index (χ1v) is 8.19. The lowest BCUT2D eigenvalue weighted by molar-refractivity contribution is 0.0524. The lowest BCUT2D eigenvalue weighted by Crippen LogP contribution is -2.10. The number of alkyl halides is 1. The van der Waals surface area contributed by atoms with E-state index in [-0.39, 0.29) is 5.88 Å². The molecule has 0 aliphatic heterocycles. The Balaban J connectivity index is 2.35. The average Bonchev–Trinajstić information content (AvgIpc) is 2.54. The van der Waals surface area contributed by atoms with Gasteiger partial charge < -0.3 is 4.74 Å². The summed E-state index contributed by atoms with van der Waals surface area (Å²) < 4.78 is 4.97. The van der Waals surface area contributed by atoms with Gasteiger partial charge in [-0.25, -0.2) is 14.8 Å². The molecule has 21 heavy (non-hydrogen) atoms. The molecule has 0 atom stereocenters. The second-order valence-electron chi connectivity index (χ2n) is 4.14. The van der Waals surface area contributed by atoms with Gasteiger partial charge >= 0.3 is 5.97 Å². The van der Waals surface area contributed by atoms with E-state index < -0.39 is 5.97 Å². The van der Waals surface area contributed by atoms with Crippen LogP contribution in [0.1, 0.15) is 23.0 Å². The van der Waals surface area contributed by atoms with Crippen LogP contribution in [-0.4, -0.2) is 28.8 Å². The molecule has 0 saturated heterocycles. The number of halogens is 1. The van der Waals surface area contributed by atoms with Crippen molar-refractivity contribution >= 4 is 29.3 Å². The number of carbonyl (C=O) groups excluding carboxylic acids is 1. The molecule has 0 saturated carbocycles. The molecule has 2 aromatic rings. The van der Waals surface area contributed by atoms with Gasteiger partial charge in [0, 0.05) is 16.7 Å². The molecule has 1 aromatic heterocycles. The zero-order valence-corrected chi connectivity index (χ0v) is 13.4. The van der Waals surface area contributed by atoms with Crippen LogP contribution >= 0.6 is 23.4 Å². The maximum Gasteiger partial charge on any atom is 0.341 e. The number of hydrogen-bond donors (Lipinski definition) is 0. The molecule has 1 aromatic carbocycles. The van der Waals surface area contributed by atoms with Crippen LogP contribution in [0.25, 0.3) is 11.4 Å². The van der Waals surface area contributed by atoms with E-state index in [4.69, 9.17) is 16.3 Å². The van der Waals surface area contributed by atoms with Crippen molar-refractivity contribution in [1.82, 2.24) is 9.97 Å². The smallest absolute Gasteiger partial charge is 0.341 e.